The largest absolute Gasteiger partial charge is 0.393 e. The predicted molar refractivity (Wildman–Crippen MR) is 69.0 cm³/mol. The van der Waals surface area contributed by atoms with Crippen molar-refractivity contribution in [2.24, 2.45) is 0 Å². The van der Waals surface area contributed by atoms with E-state index < -0.39 is 0 Å². The van der Waals surface area contributed by atoms with Gasteiger partial charge in [0.1, 0.15) is 5.82 Å². The quantitative estimate of drug-likeness (QED) is 0.851. The van der Waals surface area contributed by atoms with Gasteiger partial charge in [0.2, 0.25) is 0 Å². The third-order valence-electron chi connectivity index (χ3n) is 3.65. The van der Waals surface area contributed by atoms with Crippen molar-refractivity contribution in [1.29, 1.82) is 0 Å². The normalized spacial score (nSPS) is 24.1. The molecule has 0 aliphatic heterocycles. The van der Waals surface area contributed by atoms with Gasteiger partial charge < -0.3 is 10.1 Å². The number of pyridine rings is 1. The molecule has 0 radical (unpaired) electrons. The van der Waals surface area contributed by atoms with Crippen LogP contribution in [0.4, 0.5) is 0 Å². The SMILES string of the molecule is OC1CCC(c2ncc(-c3cccnc3)[nH]2)CC1. The molecule has 94 valence electrons. The lowest BCUT2D eigenvalue weighted by Gasteiger charge is -2.23. The second-order valence-corrected chi connectivity index (χ2v) is 4.93. The number of aromatic amines is 1. The Morgan fingerprint density at radius 3 is 2.72 bits per heavy atom. The number of aliphatic hydroxyl groups is 1. The van der Waals surface area contributed by atoms with Gasteiger partial charge in [0.15, 0.2) is 0 Å². The summed E-state index contributed by atoms with van der Waals surface area (Å²) in [7, 11) is 0. The number of nitrogens with zero attached hydrogens (tertiary/aromatic N) is 2. The monoisotopic (exact) mass is 243 g/mol. The standard InChI is InChI=1S/C14H17N3O/c18-12-5-3-10(4-6-12)14-16-9-13(17-14)11-2-1-7-15-8-11/h1-2,7-10,12,18H,3-6H2,(H,16,17). The lowest BCUT2D eigenvalue weighted by atomic mass is 9.87. The number of aromatic nitrogens is 3. The highest BCUT2D eigenvalue weighted by Crippen LogP contribution is 2.32. The fourth-order valence-corrected chi connectivity index (χ4v) is 2.56. The van der Waals surface area contributed by atoms with Crippen LogP contribution in [0.3, 0.4) is 0 Å². The molecule has 0 spiro atoms. The van der Waals surface area contributed by atoms with Crippen molar-refractivity contribution in [3.8, 4) is 11.3 Å². The fraction of sp³-hybridized carbons (Fsp3) is 0.429. The summed E-state index contributed by atoms with van der Waals surface area (Å²) in [5.41, 5.74) is 2.08. The van der Waals surface area contributed by atoms with Crippen molar-refractivity contribution in [2.75, 3.05) is 0 Å². The van der Waals surface area contributed by atoms with Gasteiger partial charge in [0.05, 0.1) is 18.0 Å². The highest BCUT2D eigenvalue weighted by atomic mass is 16.3. The minimum absolute atomic E-state index is 0.117. The van der Waals surface area contributed by atoms with Gasteiger partial charge in [-0.1, -0.05) is 0 Å². The molecule has 0 unspecified atom stereocenters. The average molecular weight is 243 g/mol. The molecular weight excluding hydrogens is 226 g/mol. The van der Waals surface area contributed by atoms with Crippen molar-refractivity contribution < 1.29 is 5.11 Å². The van der Waals surface area contributed by atoms with Gasteiger partial charge in [0, 0.05) is 23.9 Å². The zero-order valence-electron chi connectivity index (χ0n) is 10.2. The summed E-state index contributed by atoms with van der Waals surface area (Å²) in [6.45, 7) is 0. The van der Waals surface area contributed by atoms with Gasteiger partial charge in [-0.25, -0.2) is 4.98 Å². The third kappa shape index (κ3) is 2.29. The van der Waals surface area contributed by atoms with Crippen molar-refractivity contribution in [1.82, 2.24) is 15.0 Å². The number of rotatable bonds is 2. The van der Waals surface area contributed by atoms with Gasteiger partial charge in [0.25, 0.3) is 0 Å². The summed E-state index contributed by atoms with van der Waals surface area (Å²) in [4.78, 5) is 12.0. The molecule has 4 heteroatoms. The summed E-state index contributed by atoms with van der Waals surface area (Å²) in [5.74, 6) is 1.50. The Morgan fingerprint density at radius 2 is 2.00 bits per heavy atom. The first-order valence-electron chi connectivity index (χ1n) is 6.46. The summed E-state index contributed by atoms with van der Waals surface area (Å²) >= 11 is 0. The van der Waals surface area contributed by atoms with Crippen LogP contribution in [0.1, 0.15) is 37.4 Å². The highest BCUT2D eigenvalue weighted by Gasteiger charge is 2.22. The summed E-state index contributed by atoms with van der Waals surface area (Å²) < 4.78 is 0. The number of H-pyrrole nitrogens is 1. The Labute approximate surface area is 106 Å². The van der Waals surface area contributed by atoms with Crippen LogP contribution in [0, 0.1) is 0 Å². The summed E-state index contributed by atoms with van der Waals surface area (Å²) in [5, 5.41) is 9.52. The van der Waals surface area contributed by atoms with Crippen molar-refractivity contribution in [3.63, 3.8) is 0 Å². The predicted octanol–water partition coefficient (Wildman–Crippen LogP) is 2.49. The van der Waals surface area contributed by atoms with Gasteiger partial charge in [-0.2, -0.15) is 0 Å². The lowest BCUT2D eigenvalue weighted by molar-refractivity contribution is 0.121. The molecule has 18 heavy (non-hydrogen) atoms. The summed E-state index contributed by atoms with van der Waals surface area (Å²) in [6, 6.07) is 3.95. The van der Waals surface area contributed by atoms with Crippen LogP contribution in [0.25, 0.3) is 11.3 Å². The molecule has 1 aliphatic carbocycles. The molecule has 1 fully saturated rings. The molecule has 4 nitrogen and oxygen atoms in total. The zero-order chi connectivity index (χ0) is 12.4. The first kappa shape index (κ1) is 11.4. The lowest BCUT2D eigenvalue weighted by Crippen LogP contribution is -2.17. The number of aliphatic hydroxyl groups excluding tert-OH is 1. The Morgan fingerprint density at radius 1 is 1.17 bits per heavy atom. The molecule has 0 aromatic carbocycles. The van der Waals surface area contributed by atoms with E-state index in [9.17, 15) is 5.11 Å². The first-order valence-corrected chi connectivity index (χ1v) is 6.46. The number of nitrogens with one attached hydrogen (secondary N) is 1. The Hall–Kier alpha value is -1.68. The third-order valence-corrected chi connectivity index (χ3v) is 3.65. The molecule has 0 saturated heterocycles. The molecule has 0 atom stereocenters. The van der Waals surface area contributed by atoms with Crippen LogP contribution in [0.2, 0.25) is 0 Å². The minimum atomic E-state index is -0.117. The number of hydrogen-bond acceptors (Lipinski definition) is 3. The van der Waals surface area contributed by atoms with E-state index in [1.54, 1.807) is 6.20 Å². The van der Waals surface area contributed by atoms with Crippen LogP contribution < -0.4 is 0 Å². The van der Waals surface area contributed by atoms with E-state index in [1.165, 1.54) is 0 Å². The van der Waals surface area contributed by atoms with Crippen LogP contribution in [-0.4, -0.2) is 26.2 Å². The highest BCUT2D eigenvalue weighted by molar-refractivity contribution is 5.56. The smallest absolute Gasteiger partial charge is 0.109 e. The van der Waals surface area contributed by atoms with Gasteiger partial charge in [-0.15, -0.1) is 0 Å². The molecule has 2 N–H and O–H groups in total. The topological polar surface area (TPSA) is 61.8 Å². The Balaban J connectivity index is 1.78. The zero-order valence-corrected chi connectivity index (χ0v) is 10.2. The van der Waals surface area contributed by atoms with Gasteiger partial charge in [-0.05, 0) is 37.8 Å². The number of imidazole rings is 1. The second-order valence-electron chi connectivity index (χ2n) is 4.93. The molecule has 1 aliphatic rings. The molecular formula is C14H17N3O. The molecule has 2 aromatic rings. The van der Waals surface area contributed by atoms with Crippen LogP contribution >= 0.6 is 0 Å². The second kappa shape index (κ2) is 4.90. The molecule has 1 saturated carbocycles. The number of hydrogen-bond donors (Lipinski definition) is 2. The van der Waals surface area contributed by atoms with Crippen molar-refractivity contribution in [3.05, 3.63) is 36.5 Å². The van der Waals surface area contributed by atoms with E-state index >= 15 is 0 Å². The van der Waals surface area contributed by atoms with E-state index in [-0.39, 0.29) is 6.10 Å². The van der Waals surface area contributed by atoms with Gasteiger partial charge in [-0.3, -0.25) is 4.98 Å². The molecule has 0 amide bonds. The van der Waals surface area contributed by atoms with E-state index in [4.69, 9.17) is 0 Å². The van der Waals surface area contributed by atoms with Gasteiger partial charge >= 0.3 is 0 Å². The van der Waals surface area contributed by atoms with E-state index in [2.05, 4.69) is 15.0 Å². The molecule has 0 bridgehead atoms. The van der Waals surface area contributed by atoms with Crippen molar-refractivity contribution in [2.45, 2.75) is 37.7 Å². The van der Waals surface area contributed by atoms with E-state index in [1.807, 2.05) is 24.5 Å². The maximum atomic E-state index is 9.52. The van der Waals surface area contributed by atoms with Crippen LogP contribution in [0.5, 0.6) is 0 Å². The van der Waals surface area contributed by atoms with E-state index in [0.717, 1.165) is 42.8 Å². The Bertz CT molecular complexity index is 501. The maximum Gasteiger partial charge on any atom is 0.109 e. The molecule has 2 heterocycles. The maximum absolute atomic E-state index is 9.52. The minimum Gasteiger partial charge on any atom is -0.393 e. The van der Waals surface area contributed by atoms with Crippen LogP contribution in [0.15, 0.2) is 30.7 Å². The van der Waals surface area contributed by atoms with Crippen molar-refractivity contribution >= 4 is 0 Å². The fourth-order valence-electron chi connectivity index (χ4n) is 2.56. The first-order chi connectivity index (χ1) is 8.83. The van der Waals surface area contributed by atoms with E-state index in [0.29, 0.717) is 5.92 Å². The summed E-state index contributed by atoms with van der Waals surface area (Å²) in [6.07, 6.45) is 9.15. The molecule has 3 rings (SSSR count). The average Bonchev–Trinajstić information content (AvgIpc) is 2.90. The molecule has 2 aromatic heterocycles. The van der Waals surface area contributed by atoms with Crippen LogP contribution in [-0.2, 0) is 0 Å². The Kier molecular flexibility index (Phi) is 3.11.